The van der Waals surface area contributed by atoms with E-state index >= 15 is 0 Å². The molecule has 0 amide bonds. The monoisotopic (exact) mass is 266 g/mol. The lowest BCUT2D eigenvalue weighted by Crippen LogP contribution is -2.58. The molecule has 0 aliphatic heterocycles. The van der Waals surface area contributed by atoms with Crippen LogP contribution in [-0.4, -0.2) is 29.6 Å². The quantitative estimate of drug-likeness (QED) is 0.762. The average molecular weight is 266 g/mol. The second kappa shape index (κ2) is 6.13. The maximum absolute atomic E-state index is 6.68. The summed E-state index contributed by atoms with van der Waals surface area (Å²) in [5.74, 6) is 2.98. The van der Waals surface area contributed by atoms with E-state index in [2.05, 4.69) is 32.6 Å². The second-order valence-electron chi connectivity index (χ2n) is 7.16. The molecular weight excluding hydrogens is 232 g/mol. The predicted octanol–water partition coefficient (Wildman–Crippen LogP) is 3.65. The van der Waals surface area contributed by atoms with E-state index in [0.717, 1.165) is 37.3 Å². The van der Waals surface area contributed by atoms with Crippen molar-refractivity contribution in [1.82, 2.24) is 4.90 Å². The van der Waals surface area contributed by atoms with Gasteiger partial charge in [-0.3, -0.25) is 4.90 Å². The highest BCUT2D eigenvalue weighted by Crippen LogP contribution is 2.50. The first-order valence-electron chi connectivity index (χ1n) is 8.55. The van der Waals surface area contributed by atoms with Crippen LogP contribution in [-0.2, 0) is 0 Å². The smallest absolute Gasteiger partial charge is 0.0329 e. The van der Waals surface area contributed by atoms with Gasteiger partial charge in [-0.15, -0.1) is 0 Å². The SMILES string of the molecule is CCN(CC)C(C)(CC)C(N)CC1CC2CCC1C2. The first kappa shape index (κ1) is 15.3. The maximum Gasteiger partial charge on any atom is 0.0329 e. The summed E-state index contributed by atoms with van der Waals surface area (Å²) in [4.78, 5) is 2.57. The Kier molecular flexibility index (Phi) is 4.94. The summed E-state index contributed by atoms with van der Waals surface area (Å²) >= 11 is 0. The highest BCUT2D eigenvalue weighted by atomic mass is 15.2. The molecule has 2 fully saturated rings. The number of nitrogens with zero attached hydrogens (tertiary/aromatic N) is 1. The van der Waals surface area contributed by atoms with Crippen LogP contribution >= 0.6 is 0 Å². The Bertz CT molecular complexity index is 287. The molecule has 5 unspecified atom stereocenters. The van der Waals surface area contributed by atoms with Crippen LogP contribution < -0.4 is 5.73 Å². The molecule has 0 aromatic carbocycles. The van der Waals surface area contributed by atoms with Gasteiger partial charge in [-0.05, 0) is 69.9 Å². The maximum atomic E-state index is 6.68. The van der Waals surface area contributed by atoms with Crippen molar-refractivity contribution in [2.75, 3.05) is 13.1 Å². The zero-order valence-electron chi connectivity index (χ0n) is 13.5. The van der Waals surface area contributed by atoms with Gasteiger partial charge < -0.3 is 5.73 Å². The van der Waals surface area contributed by atoms with Crippen molar-refractivity contribution < 1.29 is 0 Å². The van der Waals surface area contributed by atoms with Crippen molar-refractivity contribution in [3.63, 3.8) is 0 Å². The molecule has 0 radical (unpaired) electrons. The van der Waals surface area contributed by atoms with E-state index in [-0.39, 0.29) is 5.54 Å². The Morgan fingerprint density at radius 1 is 1.16 bits per heavy atom. The van der Waals surface area contributed by atoms with Gasteiger partial charge >= 0.3 is 0 Å². The molecular formula is C17H34N2. The first-order valence-corrected chi connectivity index (χ1v) is 8.55. The van der Waals surface area contributed by atoms with Crippen molar-refractivity contribution in [3.8, 4) is 0 Å². The van der Waals surface area contributed by atoms with Crippen molar-refractivity contribution in [1.29, 1.82) is 0 Å². The summed E-state index contributed by atoms with van der Waals surface area (Å²) in [7, 11) is 0. The number of fused-ring (bicyclic) bond motifs is 2. The van der Waals surface area contributed by atoms with Crippen LogP contribution in [0.1, 0.15) is 66.2 Å². The lowest BCUT2D eigenvalue weighted by atomic mass is 9.77. The largest absolute Gasteiger partial charge is 0.326 e. The molecule has 112 valence electrons. The molecule has 2 aliphatic carbocycles. The average Bonchev–Trinajstić information content (AvgIpc) is 3.01. The van der Waals surface area contributed by atoms with E-state index in [9.17, 15) is 0 Å². The fourth-order valence-electron chi connectivity index (χ4n) is 4.91. The van der Waals surface area contributed by atoms with E-state index in [1.165, 1.54) is 32.1 Å². The predicted molar refractivity (Wildman–Crippen MR) is 83.1 cm³/mol. The van der Waals surface area contributed by atoms with Gasteiger partial charge in [0, 0.05) is 11.6 Å². The van der Waals surface area contributed by atoms with E-state index in [4.69, 9.17) is 5.73 Å². The highest BCUT2D eigenvalue weighted by molar-refractivity contribution is 4.98. The van der Waals surface area contributed by atoms with Crippen molar-refractivity contribution in [2.45, 2.75) is 77.8 Å². The van der Waals surface area contributed by atoms with E-state index in [1.54, 1.807) is 0 Å². The zero-order chi connectivity index (χ0) is 14.0. The third-order valence-electron chi connectivity index (χ3n) is 6.44. The normalized spacial score (nSPS) is 34.7. The van der Waals surface area contributed by atoms with Crippen LogP contribution in [0.2, 0.25) is 0 Å². The van der Waals surface area contributed by atoms with E-state index < -0.39 is 0 Å². The third-order valence-corrected chi connectivity index (χ3v) is 6.44. The first-order chi connectivity index (χ1) is 9.05. The standard InChI is InChI=1S/C17H34N2/c1-5-17(4,19(6-2)7-3)16(18)12-15-11-13-8-9-14(15)10-13/h13-16H,5-12,18H2,1-4H3. The van der Waals surface area contributed by atoms with Gasteiger partial charge in [-0.25, -0.2) is 0 Å². The van der Waals surface area contributed by atoms with Crippen molar-refractivity contribution >= 4 is 0 Å². The van der Waals surface area contributed by atoms with E-state index in [1.807, 2.05) is 0 Å². The Hall–Kier alpha value is -0.0800. The molecule has 0 aromatic rings. The Morgan fingerprint density at radius 3 is 2.26 bits per heavy atom. The molecule has 2 nitrogen and oxygen atoms in total. The van der Waals surface area contributed by atoms with Gasteiger partial charge in [0.05, 0.1) is 0 Å². The van der Waals surface area contributed by atoms with Gasteiger partial charge in [0.15, 0.2) is 0 Å². The lowest BCUT2D eigenvalue weighted by Gasteiger charge is -2.45. The number of likely N-dealkylation sites (N-methyl/N-ethyl adjacent to an activating group) is 1. The molecule has 0 spiro atoms. The van der Waals surface area contributed by atoms with Crippen molar-refractivity contribution in [2.24, 2.45) is 23.5 Å². The van der Waals surface area contributed by atoms with Gasteiger partial charge in [-0.2, -0.15) is 0 Å². The Morgan fingerprint density at radius 2 is 1.84 bits per heavy atom. The molecule has 2 aliphatic rings. The highest BCUT2D eigenvalue weighted by Gasteiger charge is 2.43. The Labute approximate surface area is 120 Å². The van der Waals surface area contributed by atoms with Gasteiger partial charge in [-0.1, -0.05) is 27.2 Å². The van der Waals surface area contributed by atoms with Gasteiger partial charge in [0.2, 0.25) is 0 Å². The zero-order valence-corrected chi connectivity index (χ0v) is 13.5. The van der Waals surface area contributed by atoms with Gasteiger partial charge in [0.1, 0.15) is 0 Å². The lowest BCUT2D eigenvalue weighted by molar-refractivity contribution is 0.0705. The van der Waals surface area contributed by atoms with Crippen LogP contribution in [0, 0.1) is 17.8 Å². The number of hydrogen-bond donors (Lipinski definition) is 1. The van der Waals surface area contributed by atoms with Crippen LogP contribution in [0.15, 0.2) is 0 Å². The summed E-state index contributed by atoms with van der Waals surface area (Å²) < 4.78 is 0. The fraction of sp³-hybridized carbons (Fsp3) is 1.00. The minimum absolute atomic E-state index is 0.186. The summed E-state index contributed by atoms with van der Waals surface area (Å²) in [5, 5.41) is 0. The number of nitrogens with two attached hydrogens (primary N) is 1. The van der Waals surface area contributed by atoms with E-state index in [0.29, 0.717) is 6.04 Å². The summed E-state index contributed by atoms with van der Waals surface area (Å²) in [6, 6.07) is 0.335. The summed E-state index contributed by atoms with van der Waals surface area (Å²) in [6.07, 6.45) is 8.37. The summed E-state index contributed by atoms with van der Waals surface area (Å²) in [5.41, 5.74) is 6.87. The van der Waals surface area contributed by atoms with Crippen LogP contribution in [0.4, 0.5) is 0 Å². The minimum atomic E-state index is 0.186. The summed E-state index contributed by atoms with van der Waals surface area (Å²) in [6.45, 7) is 11.5. The number of hydrogen-bond acceptors (Lipinski definition) is 2. The third kappa shape index (κ3) is 2.85. The fourth-order valence-corrected chi connectivity index (χ4v) is 4.91. The molecule has 2 rings (SSSR count). The number of rotatable bonds is 7. The molecule has 2 saturated carbocycles. The molecule has 2 bridgehead atoms. The van der Waals surface area contributed by atoms with Crippen molar-refractivity contribution in [3.05, 3.63) is 0 Å². The van der Waals surface area contributed by atoms with Crippen LogP contribution in [0.5, 0.6) is 0 Å². The molecule has 19 heavy (non-hydrogen) atoms. The topological polar surface area (TPSA) is 29.3 Å². The van der Waals surface area contributed by atoms with Crippen LogP contribution in [0.3, 0.4) is 0 Å². The molecule has 0 heterocycles. The molecule has 0 aromatic heterocycles. The molecule has 2 N–H and O–H groups in total. The van der Waals surface area contributed by atoms with Crippen LogP contribution in [0.25, 0.3) is 0 Å². The molecule has 2 heteroatoms. The molecule has 0 saturated heterocycles. The molecule has 5 atom stereocenters. The Balaban J connectivity index is 1.98. The second-order valence-corrected chi connectivity index (χ2v) is 7.16. The minimum Gasteiger partial charge on any atom is -0.326 e. The van der Waals surface area contributed by atoms with Gasteiger partial charge in [0.25, 0.3) is 0 Å².